The summed E-state index contributed by atoms with van der Waals surface area (Å²) >= 11 is 0. The van der Waals surface area contributed by atoms with Crippen LogP contribution in [0.2, 0.25) is 0 Å². The Balaban J connectivity index is 1.91. The predicted octanol–water partition coefficient (Wildman–Crippen LogP) is 3.12. The molecule has 5 nitrogen and oxygen atoms in total. The zero-order valence-corrected chi connectivity index (χ0v) is 11.8. The highest BCUT2D eigenvalue weighted by molar-refractivity contribution is 5.92. The van der Waals surface area contributed by atoms with Crippen molar-refractivity contribution in [3.05, 3.63) is 24.3 Å². The average Bonchev–Trinajstić information content (AvgIpc) is 2.47. The van der Waals surface area contributed by atoms with Crippen LogP contribution in [0.5, 0.6) is 5.75 Å². The predicted molar refractivity (Wildman–Crippen MR) is 74.8 cm³/mol. The minimum Gasteiger partial charge on any atom is -0.481 e. The van der Waals surface area contributed by atoms with Gasteiger partial charge in [-0.25, -0.2) is 0 Å². The molecule has 1 aromatic rings. The Morgan fingerprint density at radius 2 is 1.82 bits per heavy atom. The summed E-state index contributed by atoms with van der Waals surface area (Å²) < 4.78 is 28.6. The molecule has 1 fully saturated rings. The van der Waals surface area contributed by atoms with Gasteiger partial charge >= 0.3 is 12.6 Å². The van der Waals surface area contributed by atoms with Crippen LogP contribution in [0.1, 0.15) is 25.7 Å². The molecule has 1 aliphatic rings. The third-order valence-electron chi connectivity index (χ3n) is 3.77. The van der Waals surface area contributed by atoms with Crippen molar-refractivity contribution in [2.45, 2.75) is 32.3 Å². The van der Waals surface area contributed by atoms with E-state index in [-0.39, 0.29) is 23.5 Å². The number of benzene rings is 1. The zero-order chi connectivity index (χ0) is 16.1. The van der Waals surface area contributed by atoms with Crippen molar-refractivity contribution in [1.82, 2.24) is 0 Å². The summed E-state index contributed by atoms with van der Waals surface area (Å²) in [5, 5.41) is 11.6. The van der Waals surface area contributed by atoms with Gasteiger partial charge in [-0.05, 0) is 37.8 Å². The second kappa shape index (κ2) is 7.20. The maximum Gasteiger partial charge on any atom is 0.387 e. The van der Waals surface area contributed by atoms with E-state index >= 15 is 0 Å². The highest BCUT2D eigenvalue weighted by atomic mass is 19.3. The number of halogens is 2. The molecule has 0 spiro atoms. The third kappa shape index (κ3) is 4.41. The van der Waals surface area contributed by atoms with E-state index in [2.05, 4.69) is 10.1 Å². The van der Waals surface area contributed by atoms with Gasteiger partial charge in [0.15, 0.2) is 0 Å². The molecule has 1 aromatic carbocycles. The van der Waals surface area contributed by atoms with Crippen LogP contribution in [-0.2, 0) is 9.59 Å². The van der Waals surface area contributed by atoms with Crippen molar-refractivity contribution in [3.8, 4) is 5.75 Å². The number of ether oxygens (including phenoxy) is 1. The fourth-order valence-corrected chi connectivity index (χ4v) is 2.60. The number of hydrogen-bond acceptors (Lipinski definition) is 3. The number of carbonyl (C=O) groups is 2. The first-order chi connectivity index (χ1) is 10.5. The minimum absolute atomic E-state index is 0.0256. The summed E-state index contributed by atoms with van der Waals surface area (Å²) in [6.07, 6.45) is 1.97. The second-order valence-corrected chi connectivity index (χ2v) is 5.28. The maximum absolute atomic E-state index is 12.1. The fourth-order valence-electron chi connectivity index (χ4n) is 2.60. The second-order valence-electron chi connectivity index (χ2n) is 5.28. The third-order valence-corrected chi connectivity index (χ3v) is 3.77. The number of aliphatic carboxylic acids is 1. The van der Waals surface area contributed by atoms with Gasteiger partial charge in [0.05, 0.1) is 5.92 Å². The first-order valence-corrected chi connectivity index (χ1v) is 7.04. The summed E-state index contributed by atoms with van der Waals surface area (Å²) in [6.45, 7) is -2.92. The van der Waals surface area contributed by atoms with Gasteiger partial charge in [-0.1, -0.05) is 6.07 Å². The van der Waals surface area contributed by atoms with E-state index < -0.39 is 12.6 Å². The molecule has 2 rings (SSSR count). The highest BCUT2D eigenvalue weighted by Gasteiger charge is 2.29. The van der Waals surface area contributed by atoms with E-state index in [1.54, 1.807) is 6.07 Å². The smallest absolute Gasteiger partial charge is 0.387 e. The van der Waals surface area contributed by atoms with Crippen LogP contribution < -0.4 is 10.1 Å². The molecule has 120 valence electrons. The van der Waals surface area contributed by atoms with Crippen molar-refractivity contribution in [2.75, 3.05) is 5.32 Å². The summed E-state index contributed by atoms with van der Waals surface area (Å²) in [6, 6.07) is 5.79. The molecule has 22 heavy (non-hydrogen) atoms. The molecule has 0 atom stereocenters. The van der Waals surface area contributed by atoms with Crippen molar-refractivity contribution < 1.29 is 28.2 Å². The molecule has 0 unspecified atom stereocenters. The molecule has 2 N–H and O–H groups in total. The van der Waals surface area contributed by atoms with Crippen LogP contribution in [0.25, 0.3) is 0 Å². The normalized spacial score (nSPS) is 21.4. The maximum atomic E-state index is 12.1. The molecule has 0 heterocycles. The number of carboxylic acid groups (broad SMARTS) is 1. The van der Waals surface area contributed by atoms with E-state index in [0.29, 0.717) is 31.4 Å². The SMILES string of the molecule is O=C(O)C1CCC(C(=O)Nc2cccc(OC(F)F)c2)CC1. The molecule has 0 bridgehead atoms. The molecule has 0 aromatic heterocycles. The zero-order valence-electron chi connectivity index (χ0n) is 11.8. The number of anilines is 1. The first-order valence-electron chi connectivity index (χ1n) is 7.04. The lowest BCUT2D eigenvalue weighted by atomic mass is 9.81. The quantitative estimate of drug-likeness (QED) is 0.876. The van der Waals surface area contributed by atoms with Crippen molar-refractivity contribution in [3.63, 3.8) is 0 Å². The summed E-state index contributed by atoms with van der Waals surface area (Å²) in [5.41, 5.74) is 0.378. The van der Waals surface area contributed by atoms with Crippen LogP contribution in [0, 0.1) is 11.8 Å². The van der Waals surface area contributed by atoms with Gasteiger partial charge in [0.2, 0.25) is 5.91 Å². The standard InChI is InChI=1S/C15H17F2NO4/c16-15(17)22-12-3-1-2-11(8-12)18-13(19)9-4-6-10(7-5-9)14(20)21/h1-3,8-10,15H,4-7H2,(H,18,19)(H,20,21). The van der Waals surface area contributed by atoms with Gasteiger partial charge in [0.25, 0.3) is 0 Å². The molecule has 0 radical (unpaired) electrons. The Kier molecular flexibility index (Phi) is 5.30. The van der Waals surface area contributed by atoms with E-state index in [4.69, 9.17) is 5.11 Å². The number of amides is 1. The molecule has 1 amide bonds. The van der Waals surface area contributed by atoms with Crippen LogP contribution in [0.3, 0.4) is 0 Å². The number of carboxylic acids is 1. The van der Waals surface area contributed by atoms with Crippen LogP contribution in [0.4, 0.5) is 14.5 Å². The largest absolute Gasteiger partial charge is 0.481 e. The van der Waals surface area contributed by atoms with Crippen molar-refractivity contribution in [1.29, 1.82) is 0 Å². The van der Waals surface area contributed by atoms with Gasteiger partial charge < -0.3 is 15.2 Å². The Hall–Kier alpha value is -2.18. The fraction of sp³-hybridized carbons (Fsp3) is 0.467. The number of rotatable bonds is 5. The molecule has 0 aliphatic heterocycles. The van der Waals surface area contributed by atoms with Crippen molar-refractivity contribution >= 4 is 17.6 Å². The molecule has 7 heteroatoms. The topological polar surface area (TPSA) is 75.6 Å². The summed E-state index contributed by atoms with van der Waals surface area (Å²) in [4.78, 5) is 23.0. The van der Waals surface area contributed by atoms with Crippen molar-refractivity contribution in [2.24, 2.45) is 11.8 Å². The van der Waals surface area contributed by atoms with Gasteiger partial charge in [-0.3, -0.25) is 9.59 Å². The number of alkyl halides is 2. The van der Waals surface area contributed by atoms with E-state index in [9.17, 15) is 18.4 Å². The summed E-state index contributed by atoms with van der Waals surface area (Å²) in [7, 11) is 0. The number of nitrogens with one attached hydrogen (secondary N) is 1. The molecular formula is C15H17F2NO4. The molecule has 1 aliphatic carbocycles. The number of carbonyl (C=O) groups excluding carboxylic acids is 1. The molecule has 0 saturated heterocycles. The van der Waals surface area contributed by atoms with Gasteiger partial charge in [-0.2, -0.15) is 8.78 Å². The Labute approximate surface area is 126 Å². The van der Waals surface area contributed by atoms with Crippen LogP contribution >= 0.6 is 0 Å². The van der Waals surface area contributed by atoms with Crippen LogP contribution in [-0.4, -0.2) is 23.6 Å². The Morgan fingerprint density at radius 3 is 2.41 bits per heavy atom. The van der Waals surface area contributed by atoms with Gasteiger partial charge in [-0.15, -0.1) is 0 Å². The summed E-state index contributed by atoms with van der Waals surface area (Å²) in [5.74, 6) is -1.71. The van der Waals surface area contributed by atoms with E-state index in [1.165, 1.54) is 18.2 Å². The van der Waals surface area contributed by atoms with E-state index in [1.807, 2.05) is 0 Å². The van der Waals surface area contributed by atoms with E-state index in [0.717, 1.165) is 0 Å². The van der Waals surface area contributed by atoms with Gasteiger partial charge in [0, 0.05) is 17.7 Å². The lowest BCUT2D eigenvalue weighted by molar-refractivity contribution is -0.143. The van der Waals surface area contributed by atoms with Gasteiger partial charge in [0.1, 0.15) is 5.75 Å². The number of hydrogen-bond donors (Lipinski definition) is 2. The Morgan fingerprint density at radius 1 is 1.18 bits per heavy atom. The monoisotopic (exact) mass is 313 g/mol. The highest BCUT2D eigenvalue weighted by Crippen LogP contribution is 2.30. The molecule has 1 saturated carbocycles. The van der Waals surface area contributed by atoms with Crippen LogP contribution in [0.15, 0.2) is 24.3 Å². The Bertz CT molecular complexity index is 542. The minimum atomic E-state index is -2.92. The first kappa shape index (κ1) is 16.2. The average molecular weight is 313 g/mol. The lowest BCUT2D eigenvalue weighted by Gasteiger charge is -2.25. The molecular weight excluding hydrogens is 296 g/mol. The lowest BCUT2D eigenvalue weighted by Crippen LogP contribution is -2.29.